The first kappa shape index (κ1) is 20.8. The Balaban J connectivity index is 1.45. The van der Waals surface area contributed by atoms with Crippen molar-refractivity contribution in [1.29, 1.82) is 0 Å². The summed E-state index contributed by atoms with van der Waals surface area (Å²) >= 11 is 0. The highest BCUT2D eigenvalue weighted by Gasteiger charge is 2.27. The third-order valence-corrected chi connectivity index (χ3v) is 4.08. The molecule has 1 aliphatic heterocycles. The molecule has 0 radical (unpaired) electrons. The van der Waals surface area contributed by atoms with Gasteiger partial charge in [-0.25, -0.2) is 4.79 Å². The maximum atomic E-state index is 12.1. The molecule has 2 N–H and O–H groups in total. The number of esters is 1. The summed E-state index contributed by atoms with van der Waals surface area (Å²) in [6, 6.07) is 11.4. The molecule has 10 nitrogen and oxygen atoms in total. The van der Waals surface area contributed by atoms with Gasteiger partial charge in [-0.15, -0.1) is 0 Å². The van der Waals surface area contributed by atoms with Crippen molar-refractivity contribution in [3.63, 3.8) is 0 Å². The van der Waals surface area contributed by atoms with E-state index in [0.717, 1.165) is 0 Å². The lowest BCUT2D eigenvalue weighted by Crippen LogP contribution is -2.51. The number of fused-ring (bicyclic) bond motifs is 1. The zero-order chi connectivity index (χ0) is 21.5. The molecule has 0 saturated heterocycles. The van der Waals surface area contributed by atoms with Crippen LogP contribution in [0.3, 0.4) is 0 Å². The van der Waals surface area contributed by atoms with Gasteiger partial charge in [0.05, 0.1) is 19.8 Å². The largest absolute Gasteiger partial charge is 0.493 e. The normalized spacial score (nSPS) is 14.3. The Labute approximate surface area is 172 Å². The molecule has 1 atom stereocenters. The number of carbonyl (C=O) groups is 3. The second-order valence-corrected chi connectivity index (χ2v) is 6.05. The molecule has 0 spiro atoms. The Morgan fingerprint density at radius 1 is 1.00 bits per heavy atom. The number of ether oxygens (including phenoxy) is 5. The first-order valence-corrected chi connectivity index (χ1v) is 8.88. The minimum absolute atomic E-state index is 0.00694. The number of nitrogens with one attached hydrogen (secondary N) is 2. The minimum Gasteiger partial charge on any atom is -0.493 e. The van der Waals surface area contributed by atoms with Crippen LogP contribution in [0.1, 0.15) is 10.4 Å². The fourth-order valence-corrected chi connectivity index (χ4v) is 2.57. The summed E-state index contributed by atoms with van der Waals surface area (Å²) in [6.07, 6.45) is -0.936. The monoisotopic (exact) mass is 416 g/mol. The first-order chi connectivity index (χ1) is 14.5. The van der Waals surface area contributed by atoms with Crippen molar-refractivity contribution in [3.8, 4) is 23.0 Å². The fraction of sp³-hybridized carbons (Fsp3) is 0.250. The van der Waals surface area contributed by atoms with Gasteiger partial charge in [0.1, 0.15) is 6.61 Å². The Bertz CT molecular complexity index is 946. The van der Waals surface area contributed by atoms with Gasteiger partial charge in [-0.05, 0) is 30.3 Å². The Hall–Kier alpha value is -3.95. The highest BCUT2D eigenvalue weighted by atomic mass is 16.6. The maximum Gasteiger partial charge on any atom is 0.338 e. The van der Waals surface area contributed by atoms with E-state index in [0.29, 0.717) is 23.0 Å². The Kier molecular flexibility index (Phi) is 6.58. The van der Waals surface area contributed by atoms with Gasteiger partial charge in [-0.2, -0.15) is 0 Å². The average Bonchev–Trinajstić information content (AvgIpc) is 2.79. The molecule has 3 rings (SSSR count). The van der Waals surface area contributed by atoms with Crippen molar-refractivity contribution in [2.45, 2.75) is 6.10 Å². The van der Waals surface area contributed by atoms with Crippen LogP contribution in [0.15, 0.2) is 42.5 Å². The molecule has 2 aromatic rings. The van der Waals surface area contributed by atoms with Gasteiger partial charge in [-0.3, -0.25) is 20.4 Å². The van der Waals surface area contributed by atoms with E-state index in [4.69, 9.17) is 23.7 Å². The van der Waals surface area contributed by atoms with E-state index >= 15 is 0 Å². The van der Waals surface area contributed by atoms with Crippen LogP contribution in [0.4, 0.5) is 0 Å². The van der Waals surface area contributed by atoms with Gasteiger partial charge in [0.2, 0.25) is 6.10 Å². The Morgan fingerprint density at radius 2 is 1.73 bits per heavy atom. The number of amides is 2. The van der Waals surface area contributed by atoms with Crippen molar-refractivity contribution in [2.24, 2.45) is 0 Å². The van der Waals surface area contributed by atoms with Crippen LogP contribution in [0, 0.1) is 0 Å². The van der Waals surface area contributed by atoms with E-state index in [1.165, 1.54) is 26.4 Å². The molecule has 0 fully saturated rings. The van der Waals surface area contributed by atoms with Crippen LogP contribution < -0.4 is 29.8 Å². The lowest BCUT2D eigenvalue weighted by molar-refractivity contribution is -0.135. The Morgan fingerprint density at radius 3 is 2.47 bits per heavy atom. The summed E-state index contributed by atoms with van der Waals surface area (Å²) in [5, 5.41) is 0. The highest BCUT2D eigenvalue weighted by molar-refractivity contribution is 5.92. The van der Waals surface area contributed by atoms with E-state index in [1.807, 2.05) is 0 Å². The van der Waals surface area contributed by atoms with Crippen molar-refractivity contribution in [2.75, 3.05) is 27.4 Å². The topological polar surface area (TPSA) is 121 Å². The van der Waals surface area contributed by atoms with Crippen LogP contribution in [-0.4, -0.2) is 51.3 Å². The van der Waals surface area contributed by atoms with E-state index < -0.39 is 30.5 Å². The van der Waals surface area contributed by atoms with Crippen molar-refractivity contribution in [1.82, 2.24) is 10.9 Å². The lowest BCUT2D eigenvalue weighted by Gasteiger charge is -2.25. The lowest BCUT2D eigenvalue weighted by atomic mass is 10.2. The van der Waals surface area contributed by atoms with Gasteiger partial charge >= 0.3 is 5.97 Å². The molecule has 1 aliphatic rings. The van der Waals surface area contributed by atoms with Crippen molar-refractivity contribution >= 4 is 17.8 Å². The molecule has 0 saturated carbocycles. The fourth-order valence-electron chi connectivity index (χ4n) is 2.57. The molecular formula is C20H20N2O8. The van der Waals surface area contributed by atoms with E-state index in [2.05, 4.69) is 10.9 Å². The molecule has 2 amide bonds. The quantitative estimate of drug-likeness (QED) is 0.525. The molecule has 0 unspecified atom stereocenters. The third-order valence-electron chi connectivity index (χ3n) is 4.08. The van der Waals surface area contributed by atoms with Crippen LogP contribution in [0.2, 0.25) is 0 Å². The van der Waals surface area contributed by atoms with Gasteiger partial charge in [0.25, 0.3) is 11.8 Å². The number of carbonyl (C=O) groups excluding carboxylic acids is 3. The predicted octanol–water partition coefficient (Wildman–Crippen LogP) is 0.848. The molecule has 0 bridgehead atoms. The van der Waals surface area contributed by atoms with Gasteiger partial charge in [0, 0.05) is 0 Å². The molecule has 30 heavy (non-hydrogen) atoms. The summed E-state index contributed by atoms with van der Waals surface area (Å²) in [4.78, 5) is 36.1. The van der Waals surface area contributed by atoms with Crippen LogP contribution >= 0.6 is 0 Å². The zero-order valence-electron chi connectivity index (χ0n) is 16.3. The number of hydrogen-bond acceptors (Lipinski definition) is 8. The SMILES string of the molecule is COc1ccc(C(=O)OCC(=O)NNC(=O)[C@@H]2COc3ccccc3O2)cc1OC. The van der Waals surface area contributed by atoms with Gasteiger partial charge < -0.3 is 23.7 Å². The standard InChI is InChI=1S/C20H20N2O8/c1-26-13-8-7-12(9-16(13)27-2)20(25)29-11-18(23)21-22-19(24)17-10-28-14-5-3-4-6-15(14)30-17/h3-9,17H,10-11H2,1-2H3,(H,21,23)(H,22,24)/t17-/m0/s1. The summed E-state index contributed by atoms with van der Waals surface area (Å²) in [5.41, 5.74) is 4.54. The summed E-state index contributed by atoms with van der Waals surface area (Å²) < 4.78 is 26.1. The van der Waals surface area contributed by atoms with E-state index in [9.17, 15) is 14.4 Å². The maximum absolute atomic E-state index is 12.1. The van der Waals surface area contributed by atoms with Crippen LogP contribution in [0.5, 0.6) is 23.0 Å². The van der Waals surface area contributed by atoms with E-state index in [-0.39, 0.29) is 12.2 Å². The second-order valence-electron chi connectivity index (χ2n) is 6.05. The molecule has 0 aromatic heterocycles. The van der Waals surface area contributed by atoms with Crippen molar-refractivity contribution < 1.29 is 38.1 Å². The molecule has 10 heteroatoms. The summed E-state index contributed by atoms with van der Waals surface area (Å²) in [5.74, 6) is -0.311. The number of hydrazine groups is 1. The zero-order valence-corrected chi connectivity index (χ0v) is 16.3. The molecular weight excluding hydrogens is 396 g/mol. The van der Waals surface area contributed by atoms with Crippen molar-refractivity contribution in [3.05, 3.63) is 48.0 Å². The molecule has 158 valence electrons. The second kappa shape index (κ2) is 9.50. The summed E-state index contributed by atoms with van der Waals surface area (Å²) in [7, 11) is 2.90. The number of hydrogen-bond donors (Lipinski definition) is 2. The third kappa shape index (κ3) is 4.90. The van der Waals surface area contributed by atoms with Crippen LogP contribution in [-0.2, 0) is 14.3 Å². The average molecular weight is 416 g/mol. The van der Waals surface area contributed by atoms with E-state index in [1.54, 1.807) is 30.3 Å². The first-order valence-electron chi connectivity index (χ1n) is 8.88. The number of rotatable bonds is 6. The number of para-hydroxylation sites is 2. The summed E-state index contributed by atoms with van der Waals surface area (Å²) in [6.45, 7) is -0.606. The predicted molar refractivity (Wildman–Crippen MR) is 102 cm³/mol. The van der Waals surface area contributed by atoms with Gasteiger partial charge in [-0.1, -0.05) is 12.1 Å². The minimum atomic E-state index is -0.936. The highest BCUT2D eigenvalue weighted by Crippen LogP contribution is 2.31. The number of benzene rings is 2. The molecule has 0 aliphatic carbocycles. The smallest absolute Gasteiger partial charge is 0.338 e. The number of methoxy groups -OCH3 is 2. The molecule has 1 heterocycles. The van der Waals surface area contributed by atoms with Crippen LogP contribution in [0.25, 0.3) is 0 Å². The molecule has 2 aromatic carbocycles. The van der Waals surface area contributed by atoms with Gasteiger partial charge in [0.15, 0.2) is 29.6 Å².